The van der Waals surface area contributed by atoms with Crippen LogP contribution >= 0.6 is 24.0 Å². The maximum absolute atomic E-state index is 12.3. The predicted octanol–water partition coefficient (Wildman–Crippen LogP) is 3.41. The van der Waals surface area contributed by atoms with E-state index in [1.165, 1.54) is 12.8 Å². The van der Waals surface area contributed by atoms with Gasteiger partial charge in [-0.1, -0.05) is 12.8 Å². The van der Waals surface area contributed by atoms with E-state index in [0.29, 0.717) is 19.0 Å². The lowest BCUT2D eigenvalue weighted by atomic mass is 9.83. The normalized spacial score (nSPS) is 17.4. The van der Waals surface area contributed by atoms with E-state index < -0.39 is 6.43 Å². The zero-order valence-electron chi connectivity index (χ0n) is 13.7. The molecule has 0 atom stereocenters. The van der Waals surface area contributed by atoms with E-state index in [0.717, 1.165) is 32.5 Å². The van der Waals surface area contributed by atoms with Crippen LogP contribution in [0.1, 0.15) is 46.0 Å². The third-order valence-corrected chi connectivity index (χ3v) is 3.99. The lowest BCUT2D eigenvalue weighted by Gasteiger charge is -2.27. The third-order valence-electron chi connectivity index (χ3n) is 3.99. The van der Waals surface area contributed by atoms with Gasteiger partial charge in [-0.25, -0.2) is 8.78 Å². The van der Waals surface area contributed by atoms with E-state index in [9.17, 15) is 8.78 Å². The molecule has 1 aliphatic rings. The number of ether oxygens (including phenoxy) is 1. The summed E-state index contributed by atoms with van der Waals surface area (Å²) in [4.78, 5) is 4.52. The van der Waals surface area contributed by atoms with Gasteiger partial charge in [0.15, 0.2) is 5.96 Å². The molecular formula is C15H30F2IN3O. The first-order valence-corrected chi connectivity index (χ1v) is 8.00. The molecule has 2 N–H and O–H groups in total. The van der Waals surface area contributed by atoms with Gasteiger partial charge in [0.1, 0.15) is 0 Å². The summed E-state index contributed by atoms with van der Waals surface area (Å²) < 4.78 is 30.1. The first-order valence-electron chi connectivity index (χ1n) is 8.00. The van der Waals surface area contributed by atoms with E-state index >= 15 is 0 Å². The maximum Gasteiger partial charge on any atom is 0.255 e. The molecule has 22 heavy (non-hydrogen) atoms. The molecule has 0 unspecified atom stereocenters. The highest BCUT2D eigenvalue weighted by Gasteiger charge is 2.33. The predicted molar refractivity (Wildman–Crippen MR) is 97.4 cm³/mol. The number of hydrogen-bond acceptors (Lipinski definition) is 2. The van der Waals surface area contributed by atoms with Crippen molar-refractivity contribution in [1.82, 2.24) is 10.6 Å². The van der Waals surface area contributed by atoms with Gasteiger partial charge < -0.3 is 15.4 Å². The molecule has 0 amide bonds. The van der Waals surface area contributed by atoms with Crippen LogP contribution in [0.5, 0.6) is 0 Å². The van der Waals surface area contributed by atoms with Crippen LogP contribution in [-0.4, -0.2) is 45.2 Å². The number of alkyl halides is 2. The molecule has 132 valence electrons. The summed E-state index contributed by atoms with van der Waals surface area (Å²) in [7, 11) is 0. The topological polar surface area (TPSA) is 45.7 Å². The number of guanidine groups is 1. The summed E-state index contributed by atoms with van der Waals surface area (Å²) in [6, 6.07) is 0. The van der Waals surface area contributed by atoms with Gasteiger partial charge in [0.05, 0.1) is 6.54 Å². The van der Waals surface area contributed by atoms with Gasteiger partial charge in [-0.05, 0) is 38.5 Å². The third kappa shape index (κ3) is 8.45. The minimum absolute atomic E-state index is 0. The molecule has 1 saturated carbocycles. The van der Waals surface area contributed by atoms with Crippen LogP contribution in [0.2, 0.25) is 0 Å². The van der Waals surface area contributed by atoms with E-state index in [-0.39, 0.29) is 35.9 Å². The van der Waals surface area contributed by atoms with Gasteiger partial charge in [0.25, 0.3) is 6.43 Å². The van der Waals surface area contributed by atoms with Crippen molar-refractivity contribution in [3.63, 3.8) is 0 Å². The minimum atomic E-state index is -2.37. The smallest absolute Gasteiger partial charge is 0.255 e. The van der Waals surface area contributed by atoms with Gasteiger partial charge in [-0.15, -0.1) is 24.0 Å². The molecule has 4 nitrogen and oxygen atoms in total. The van der Waals surface area contributed by atoms with Crippen molar-refractivity contribution in [3.8, 4) is 0 Å². The molecule has 7 heteroatoms. The Morgan fingerprint density at radius 2 is 1.91 bits per heavy atom. The largest absolute Gasteiger partial charge is 0.382 e. The van der Waals surface area contributed by atoms with Crippen molar-refractivity contribution >= 4 is 29.9 Å². The molecule has 0 spiro atoms. The molecule has 1 rings (SSSR count). The maximum atomic E-state index is 12.3. The molecule has 0 aromatic heterocycles. The molecular weight excluding hydrogens is 403 g/mol. The Morgan fingerprint density at radius 3 is 2.45 bits per heavy atom. The van der Waals surface area contributed by atoms with Crippen LogP contribution in [0.15, 0.2) is 4.99 Å². The Bertz CT molecular complexity index is 311. The molecule has 0 aliphatic heterocycles. The molecule has 0 heterocycles. The van der Waals surface area contributed by atoms with Crippen LogP contribution in [0.3, 0.4) is 0 Å². The first-order chi connectivity index (χ1) is 10.1. The van der Waals surface area contributed by atoms with Crippen molar-refractivity contribution in [2.75, 3.05) is 32.8 Å². The Labute approximate surface area is 149 Å². The fraction of sp³-hybridized carbons (Fsp3) is 0.933. The SMILES string of the molecule is CCNC(=NCC1(CCOCC)CCCC1)NCC(F)F.I. The van der Waals surface area contributed by atoms with Crippen LogP contribution in [0, 0.1) is 5.41 Å². The van der Waals surface area contributed by atoms with Gasteiger partial charge in [-0.3, -0.25) is 4.99 Å². The molecule has 0 aromatic carbocycles. The Hall–Kier alpha value is -0.180. The number of nitrogens with zero attached hydrogens (tertiary/aromatic N) is 1. The molecule has 0 aromatic rings. The van der Waals surface area contributed by atoms with Crippen molar-refractivity contribution in [1.29, 1.82) is 0 Å². The molecule has 0 bridgehead atoms. The summed E-state index contributed by atoms with van der Waals surface area (Å²) in [5.41, 5.74) is 0.183. The van der Waals surface area contributed by atoms with Gasteiger partial charge in [-0.2, -0.15) is 0 Å². The highest BCUT2D eigenvalue weighted by atomic mass is 127. The fourth-order valence-electron chi connectivity index (χ4n) is 2.81. The van der Waals surface area contributed by atoms with E-state index in [1.807, 2.05) is 13.8 Å². The van der Waals surface area contributed by atoms with Crippen molar-refractivity contribution < 1.29 is 13.5 Å². The number of nitrogens with one attached hydrogen (secondary N) is 2. The standard InChI is InChI=1S/C15H29F2N3O.HI/c1-3-18-14(19-11-13(16)17)20-12-15(7-5-6-8-15)9-10-21-4-2;/h13H,3-12H2,1-2H3,(H2,18,19,20);1H. The monoisotopic (exact) mass is 433 g/mol. The van der Waals surface area contributed by atoms with Crippen molar-refractivity contribution in [2.24, 2.45) is 10.4 Å². The Balaban J connectivity index is 0.00000441. The van der Waals surface area contributed by atoms with Gasteiger partial charge in [0, 0.05) is 26.3 Å². The second-order valence-corrected chi connectivity index (χ2v) is 5.62. The summed E-state index contributed by atoms with van der Waals surface area (Å²) in [6.45, 7) is 6.40. The zero-order chi connectivity index (χ0) is 15.6. The van der Waals surface area contributed by atoms with E-state index in [4.69, 9.17) is 4.74 Å². The fourth-order valence-corrected chi connectivity index (χ4v) is 2.81. The zero-order valence-corrected chi connectivity index (χ0v) is 16.0. The van der Waals surface area contributed by atoms with Gasteiger partial charge >= 0.3 is 0 Å². The lowest BCUT2D eigenvalue weighted by Crippen LogP contribution is -2.40. The summed E-state index contributed by atoms with van der Waals surface area (Å²) in [5, 5.41) is 5.71. The van der Waals surface area contributed by atoms with Crippen molar-refractivity contribution in [3.05, 3.63) is 0 Å². The summed E-state index contributed by atoms with van der Waals surface area (Å²) in [6.07, 6.45) is 3.38. The van der Waals surface area contributed by atoms with Gasteiger partial charge in [0.2, 0.25) is 0 Å². The Kier molecular flexibility index (Phi) is 12.2. The van der Waals surface area contributed by atoms with Crippen molar-refractivity contribution in [2.45, 2.75) is 52.4 Å². The van der Waals surface area contributed by atoms with Crippen LogP contribution in [-0.2, 0) is 4.74 Å². The number of rotatable bonds is 9. The average Bonchev–Trinajstić information content (AvgIpc) is 2.91. The minimum Gasteiger partial charge on any atom is -0.382 e. The molecule has 0 radical (unpaired) electrons. The Morgan fingerprint density at radius 1 is 1.23 bits per heavy atom. The highest BCUT2D eigenvalue weighted by Crippen LogP contribution is 2.41. The van der Waals surface area contributed by atoms with E-state index in [1.54, 1.807) is 0 Å². The lowest BCUT2D eigenvalue weighted by molar-refractivity contribution is 0.107. The molecule has 0 saturated heterocycles. The quantitative estimate of drug-likeness (QED) is 0.254. The second kappa shape index (κ2) is 12.3. The first kappa shape index (κ1) is 21.8. The van der Waals surface area contributed by atoms with Crippen LogP contribution in [0.25, 0.3) is 0 Å². The second-order valence-electron chi connectivity index (χ2n) is 5.62. The van der Waals surface area contributed by atoms with E-state index in [2.05, 4.69) is 15.6 Å². The number of halogens is 3. The van der Waals surface area contributed by atoms with Crippen LogP contribution in [0.4, 0.5) is 8.78 Å². The number of hydrogen-bond donors (Lipinski definition) is 2. The molecule has 1 aliphatic carbocycles. The summed E-state index contributed by atoms with van der Waals surface area (Å²) in [5.74, 6) is 0.487. The van der Waals surface area contributed by atoms with Crippen LogP contribution < -0.4 is 10.6 Å². The highest BCUT2D eigenvalue weighted by molar-refractivity contribution is 14.0. The summed E-state index contributed by atoms with van der Waals surface area (Å²) >= 11 is 0. The number of aliphatic imine (C=N–C) groups is 1. The average molecular weight is 433 g/mol. The molecule has 1 fully saturated rings.